The van der Waals surface area contributed by atoms with E-state index in [1.807, 2.05) is 27.7 Å². The molecule has 1 saturated carbocycles. The number of nitrogens with one attached hydrogen (secondary N) is 1. The zero-order valence-corrected chi connectivity index (χ0v) is 11.2. The van der Waals surface area contributed by atoms with Crippen LogP contribution in [0.15, 0.2) is 0 Å². The first-order valence-corrected chi connectivity index (χ1v) is 6.54. The van der Waals surface area contributed by atoms with Gasteiger partial charge in [0.25, 0.3) is 0 Å². The Hall–Kier alpha value is -1.06. The first-order valence-electron chi connectivity index (χ1n) is 6.54. The van der Waals surface area contributed by atoms with Gasteiger partial charge in [0.15, 0.2) is 0 Å². The average Bonchev–Trinajstić information content (AvgIpc) is 3.11. The highest BCUT2D eigenvalue weighted by Crippen LogP contribution is 2.45. The van der Waals surface area contributed by atoms with Crippen molar-refractivity contribution < 1.29 is 9.59 Å². The van der Waals surface area contributed by atoms with E-state index in [-0.39, 0.29) is 11.8 Å². The zero-order valence-electron chi connectivity index (χ0n) is 11.2. The van der Waals surface area contributed by atoms with Gasteiger partial charge in [-0.2, -0.15) is 0 Å². The Morgan fingerprint density at radius 1 is 1.29 bits per heavy atom. The van der Waals surface area contributed by atoms with Gasteiger partial charge in [0.05, 0.1) is 0 Å². The standard InChI is InChI=1S/C13H22N2O2/c1-5-12(3)11(17)15(6-2)13(4,9-7-8-9)10(16)14-12/h9H,5-8H2,1-4H3,(H,14,16). The summed E-state index contributed by atoms with van der Waals surface area (Å²) in [4.78, 5) is 26.7. The van der Waals surface area contributed by atoms with Crippen LogP contribution in [-0.4, -0.2) is 34.3 Å². The Morgan fingerprint density at radius 3 is 2.29 bits per heavy atom. The SMILES string of the molecule is CCN1C(=O)C(C)(CC)NC(=O)C1(C)C1CC1. The lowest BCUT2D eigenvalue weighted by Crippen LogP contribution is -2.74. The maximum atomic E-state index is 12.5. The van der Waals surface area contributed by atoms with Gasteiger partial charge < -0.3 is 10.2 Å². The fraction of sp³-hybridized carbons (Fsp3) is 0.846. The van der Waals surface area contributed by atoms with E-state index in [0.29, 0.717) is 18.9 Å². The van der Waals surface area contributed by atoms with Gasteiger partial charge in [0, 0.05) is 6.54 Å². The third-order valence-corrected chi connectivity index (χ3v) is 4.52. The van der Waals surface area contributed by atoms with Crippen molar-refractivity contribution >= 4 is 11.8 Å². The van der Waals surface area contributed by atoms with Crippen molar-refractivity contribution in [3.05, 3.63) is 0 Å². The summed E-state index contributed by atoms with van der Waals surface area (Å²) in [6, 6.07) is 0. The molecule has 1 aliphatic heterocycles. The quantitative estimate of drug-likeness (QED) is 0.805. The van der Waals surface area contributed by atoms with Crippen LogP contribution < -0.4 is 5.32 Å². The summed E-state index contributed by atoms with van der Waals surface area (Å²) in [7, 11) is 0. The van der Waals surface area contributed by atoms with Gasteiger partial charge in [0.1, 0.15) is 11.1 Å². The number of piperazine rings is 1. The molecule has 2 aliphatic rings. The zero-order chi connectivity index (χ0) is 12.8. The molecule has 4 heteroatoms. The second-order valence-corrected chi connectivity index (χ2v) is 5.61. The molecule has 96 valence electrons. The van der Waals surface area contributed by atoms with Crippen LogP contribution in [0.3, 0.4) is 0 Å². The van der Waals surface area contributed by atoms with E-state index >= 15 is 0 Å². The molecule has 0 spiro atoms. The highest BCUT2D eigenvalue weighted by Gasteiger charge is 2.59. The molecule has 1 N–H and O–H groups in total. The molecule has 0 aromatic carbocycles. The van der Waals surface area contributed by atoms with Crippen molar-refractivity contribution in [1.82, 2.24) is 10.2 Å². The second-order valence-electron chi connectivity index (χ2n) is 5.61. The number of nitrogens with zero attached hydrogens (tertiary/aromatic N) is 1. The van der Waals surface area contributed by atoms with Gasteiger partial charge in [-0.25, -0.2) is 0 Å². The highest BCUT2D eigenvalue weighted by atomic mass is 16.2. The Kier molecular flexibility index (Phi) is 2.71. The maximum absolute atomic E-state index is 12.5. The molecule has 1 heterocycles. The third kappa shape index (κ3) is 1.57. The van der Waals surface area contributed by atoms with Crippen molar-refractivity contribution in [2.45, 2.75) is 58.0 Å². The van der Waals surface area contributed by atoms with E-state index in [9.17, 15) is 9.59 Å². The molecular weight excluding hydrogens is 216 g/mol. The van der Waals surface area contributed by atoms with Crippen molar-refractivity contribution in [1.29, 1.82) is 0 Å². The van der Waals surface area contributed by atoms with Gasteiger partial charge in [-0.3, -0.25) is 9.59 Å². The first-order chi connectivity index (χ1) is 7.90. The van der Waals surface area contributed by atoms with Crippen LogP contribution >= 0.6 is 0 Å². The van der Waals surface area contributed by atoms with E-state index in [1.54, 1.807) is 4.90 Å². The van der Waals surface area contributed by atoms with Crippen LogP contribution in [0.5, 0.6) is 0 Å². The van der Waals surface area contributed by atoms with E-state index in [0.717, 1.165) is 12.8 Å². The molecule has 0 bridgehead atoms. The lowest BCUT2D eigenvalue weighted by atomic mass is 9.83. The minimum atomic E-state index is -0.721. The minimum Gasteiger partial charge on any atom is -0.340 e. The normalized spacial score (nSPS) is 38.2. The number of amides is 2. The Morgan fingerprint density at radius 2 is 1.88 bits per heavy atom. The number of carbonyl (C=O) groups is 2. The molecule has 0 radical (unpaired) electrons. The first kappa shape index (κ1) is 12.4. The lowest BCUT2D eigenvalue weighted by molar-refractivity contribution is -0.162. The molecule has 17 heavy (non-hydrogen) atoms. The molecule has 1 saturated heterocycles. The van der Waals surface area contributed by atoms with Crippen LogP contribution in [0.25, 0.3) is 0 Å². The summed E-state index contributed by atoms with van der Waals surface area (Å²) < 4.78 is 0. The number of likely N-dealkylation sites (N-methyl/N-ethyl adjacent to an activating group) is 1. The van der Waals surface area contributed by atoms with Gasteiger partial charge in [-0.1, -0.05) is 6.92 Å². The summed E-state index contributed by atoms with van der Waals surface area (Å²) >= 11 is 0. The van der Waals surface area contributed by atoms with E-state index in [2.05, 4.69) is 5.32 Å². The molecular formula is C13H22N2O2. The van der Waals surface area contributed by atoms with Crippen LogP contribution in [0, 0.1) is 5.92 Å². The Labute approximate surface area is 103 Å². The van der Waals surface area contributed by atoms with E-state index in [1.165, 1.54) is 0 Å². The monoisotopic (exact) mass is 238 g/mol. The minimum absolute atomic E-state index is 0.0193. The lowest BCUT2D eigenvalue weighted by Gasteiger charge is -2.50. The molecule has 2 amide bonds. The molecule has 0 aromatic rings. The molecule has 2 fully saturated rings. The van der Waals surface area contributed by atoms with Crippen molar-refractivity contribution in [3.63, 3.8) is 0 Å². The highest BCUT2D eigenvalue weighted by molar-refractivity contribution is 6.02. The van der Waals surface area contributed by atoms with Crippen LogP contribution in [0.2, 0.25) is 0 Å². The second kappa shape index (κ2) is 3.72. The molecule has 2 atom stereocenters. The van der Waals surface area contributed by atoms with Gasteiger partial charge >= 0.3 is 0 Å². The summed E-state index contributed by atoms with van der Waals surface area (Å²) in [6.07, 6.45) is 2.74. The predicted molar refractivity (Wildman–Crippen MR) is 65.4 cm³/mol. The van der Waals surface area contributed by atoms with Crippen molar-refractivity contribution in [2.75, 3.05) is 6.54 Å². The predicted octanol–water partition coefficient (Wildman–Crippen LogP) is 1.30. The van der Waals surface area contributed by atoms with Crippen LogP contribution in [-0.2, 0) is 9.59 Å². The number of rotatable bonds is 3. The Balaban J connectivity index is 2.38. The van der Waals surface area contributed by atoms with Crippen LogP contribution in [0.4, 0.5) is 0 Å². The van der Waals surface area contributed by atoms with E-state index < -0.39 is 11.1 Å². The summed E-state index contributed by atoms with van der Waals surface area (Å²) in [5.74, 6) is 0.426. The van der Waals surface area contributed by atoms with Gasteiger partial charge in [0.2, 0.25) is 11.8 Å². The molecule has 2 rings (SSSR count). The average molecular weight is 238 g/mol. The summed E-state index contributed by atoms with van der Waals surface area (Å²) in [5.41, 5.74) is -1.35. The molecule has 1 aliphatic carbocycles. The number of hydrogen-bond acceptors (Lipinski definition) is 2. The van der Waals surface area contributed by atoms with Crippen molar-refractivity contribution in [2.24, 2.45) is 5.92 Å². The summed E-state index contributed by atoms with van der Waals surface area (Å²) in [5, 5.41) is 2.94. The van der Waals surface area contributed by atoms with Crippen LogP contribution in [0.1, 0.15) is 47.0 Å². The third-order valence-electron chi connectivity index (χ3n) is 4.52. The largest absolute Gasteiger partial charge is 0.340 e. The van der Waals surface area contributed by atoms with Gasteiger partial charge in [-0.15, -0.1) is 0 Å². The fourth-order valence-electron chi connectivity index (χ4n) is 2.82. The van der Waals surface area contributed by atoms with Gasteiger partial charge in [-0.05, 0) is 46.0 Å². The molecule has 4 nitrogen and oxygen atoms in total. The number of carbonyl (C=O) groups excluding carboxylic acids is 2. The van der Waals surface area contributed by atoms with Crippen molar-refractivity contribution in [3.8, 4) is 0 Å². The fourth-order valence-corrected chi connectivity index (χ4v) is 2.82. The topological polar surface area (TPSA) is 49.4 Å². The molecule has 0 aromatic heterocycles. The maximum Gasteiger partial charge on any atom is 0.248 e. The molecule has 2 unspecified atom stereocenters. The summed E-state index contributed by atoms with van der Waals surface area (Å²) in [6.45, 7) is 8.23. The number of hydrogen-bond donors (Lipinski definition) is 1. The van der Waals surface area contributed by atoms with E-state index in [4.69, 9.17) is 0 Å². The Bertz CT molecular complexity index is 364. The smallest absolute Gasteiger partial charge is 0.248 e.